The molecule has 1 aromatic carbocycles. The lowest BCUT2D eigenvalue weighted by atomic mass is 10.2. The molecule has 3 rings (SSSR count). The molecule has 0 radical (unpaired) electrons. The summed E-state index contributed by atoms with van der Waals surface area (Å²) in [5.74, 6) is 0.0907. The average Bonchev–Trinajstić information content (AvgIpc) is 3.31. The van der Waals surface area contributed by atoms with Gasteiger partial charge in [-0.15, -0.1) is 0 Å². The van der Waals surface area contributed by atoms with Gasteiger partial charge in [0.15, 0.2) is 0 Å². The van der Waals surface area contributed by atoms with Crippen LogP contribution in [-0.4, -0.2) is 76.6 Å². The minimum atomic E-state index is -0.182. The Morgan fingerprint density at radius 1 is 1.19 bits per heavy atom. The van der Waals surface area contributed by atoms with Gasteiger partial charge in [0.2, 0.25) is 11.8 Å². The van der Waals surface area contributed by atoms with Crippen LogP contribution in [0.2, 0.25) is 0 Å². The molecule has 0 bridgehead atoms. The molecule has 1 unspecified atom stereocenters. The molecule has 1 aliphatic heterocycles. The molecule has 0 aliphatic carbocycles. The number of rotatable bonds is 6. The predicted octanol–water partition coefficient (Wildman–Crippen LogP) is 1.38. The summed E-state index contributed by atoms with van der Waals surface area (Å²) in [5, 5.41) is 4.37. The normalized spacial score (nSPS) is 17.1. The molecule has 2 heterocycles. The van der Waals surface area contributed by atoms with Crippen LogP contribution < -0.4 is 0 Å². The van der Waals surface area contributed by atoms with E-state index in [2.05, 4.69) is 5.10 Å². The summed E-state index contributed by atoms with van der Waals surface area (Å²) >= 11 is 0. The highest BCUT2D eigenvalue weighted by atomic mass is 16.2. The first-order valence-electron chi connectivity index (χ1n) is 9.24. The predicted molar refractivity (Wildman–Crippen MR) is 103 cm³/mol. The Kier molecular flexibility index (Phi) is 5.91. The Morgan fingerprint density at radius 3 is 2.63 bits per heavy atom. The van der Waals surface area contributed by atoms with E-state index >= 15 is 0 Å². The van der Waals surface area contributed by atoms with Crippen molar-refractivity contribution in [1.29, 1.82) is 0 Å². The molecule has 2 amide bonds. The number of amides is 2. The highest BCUT2D eigenvalue weighted by Crippen LogP contribution is 2.19. The van der Waals surface area contributed by atoms with Gasteiger partial charge in [-0.1, -0.05) is 18.2 Å². The topological polar surface area (TPSA) is 61.7 Å². The summed E-state index contributed by atoms with van der Waals surface area (Å²) < 4.78 is 1.81. The molecule has 2 aromatic rings. The maximum Gasteiger partial charge on any atom is 0.239 e. The quantitative estimate of drug-likeness (QED) is 0.772. The van der Waals surface area contributed by atoms with E-state index in [1.165, 1.54) is 0 Å². The molecule has 144 valence electrons. The van der Waals surface area contributed by atoms with Crippen LogP contribution in [-0.2, 0) is 16.1 Å². The van der Waals surface area contributed by atoms with Gasteiger partial charge in [0.05, 0.1) is 24.5 Å². The Balaban J connectivity index is 1.58. The lowest BCUT2D eigenvalue weighted by molar-refractivity contribution is -0.136. The van der Waals surface area contributed by atoms with Gasteiger partial charge < -0.3 is 9.80 Å². The van der Waals surface area contributed by atoms with Crippen LogP contribution in [0.25, 0.3) is 5.69 Å². The molecule has 27 heavy (non-hydrogen) atoms. The van der Waals surface area contributed by atoms with Crippen LogP contribution in [0.3, 0.4) is 0 Å². The molecule has 1 aromatic heterocycles. The third-order valence-electron chi connectivity index (χ3n) is 4.93. The molecule has 0 N–H and O–H groups in total. The van der Waals surface area contributed by atoms with E-state index < -0.39 is 0 Å². The number of likely N-dealkylation sites (tertiary alicyclic amines) is 1. The Morgan fingerprint density at radius 2 is 1.93 bits per heavy atom. The third kappa shape index (κ3) is 4.54. The van der Waals surface area contributed by atoms with Gasteiger partial charge in [-0.3, -0.25) is 14.5 Å². The highest BCUT2D eigenvalue weighted by Gasteiger charge is 2.33. The van der Waals surface area contributed by atoms with Crippen molar-refractivity contribution in [3.05, 3.63) is 48.3 Å². The molecule has 1 fully saturated rings. The van der Waals surface area contributed by atoms with Crippen LogP contribution >= 0.6 is 0 Å². The van der Waals surface area contributed by atoms with Crippen LogP contribution in [0.15, 0.2) is 42.7 Å². The van der Waals surface area contributed by atoms with Crippen molar-refractivity contribution in [2.75, 3.05) is 34.2 Å². The van der Waals surface area contributed by atoms with E-state index in [0.29, 0.717) is 6.54 Å². The monoisotopic (exact) mass is 369 g/mol. The molecule has 7 nitrogen and oxygen atoms in total. The number of carbonyl (C=O) groups is 2. The van der Waals surface area contributed by atoms with Gasteiger partial charge >= 0.3 is 0 Å². The van der Waals surface area contributed by atoms with Gasteiger partial charge in [0, 0.05) is 39.4 Å². The number of nitrogens with zero attached hydrogens (tertiary/aromatic N) is 5. The summed E-state index contributed by atoms with van der Waals surface area (Å²) in [6, 6.07) is 9.69. The van der Waals surface area contributed by atoms with E-state index in [1.54, 1.807) is 41.8 Å². The smallest absolute Gasteiger partial charge is 0.239 e. The highest BCUT2D eigenvalue weighted by molar-refractivity contribution is 5.83. The zero-order chi connectivity index (χ0) is 19.4. The molecule has 0 saturated carbocycles. The summed E-state index contributed by atoms with van der Waals surface area (Å²) in [6.45, 7) is 1.55. The fourth-order valence-corrected chi connectivity index (χ4v) is 3.41. The molecule has 0 spiro atoms. The average molecular weight is 369 g/mol. The van der Waals surface area contributed by atoms with E-state index in [9.17, 15) is 9.59 Å². The number of carbonyl (C=O) groups excluding carboxylic acids is 2. The second kappa shape index (κ2) is 8.35. The second-order valence-electron chi connectivity index (χ2n) is 7.24. The van der Waals surface area contributed by atoms with Crippen molar-refractivity contribution in [3.8, 4) is 5.69 Å². The minimum absolute atomic E-state index is 0.0147. The summed E-state index contributed by atoms with van der Waals surface area (Å²) in [7, 11) is 5.31. The molecule has 1 saturated heterocycles. The number of hydrogen-bond acceptors (Lipinski definition) is 4. The van der Waals surface area contributed by atoms with Crippen molar-refractivity contribution in [2.24, 2.45) is 0 Å². The molecule has 1 atom stereocenters. The Hall–Kier alpha value is -2.67. The molecular formula is C20H27N5O2. The van der Waals surface area contributed by atoms with Crippen molar-refractivity contribution in [3.63, 3.8) is 0 Å². The van der Waals surface area contributed by atoms with Crippen molar-refractivity contribution in [2.45, 2.75) is 25.4 Å². The summed E-state index contributed by atoms with van der Waals surface area (Å²) in [4.78, 5) is 30.2. The van der Waals surface area contributed by atoms with E-state index in [0.717, 1.165) is 30.6 Å². The Labute approximate surface area is 160 Å². The zero-order valence-electron chi connectivity index (χ0n) is 16.2. The fraction of sp³-hybridized carbons (Fsp3) is 0.450. The van der Waals surface area contributed by atoms with Crippen LogP contribution in [0.4, 0.5) is 0 Å². The van der Waals surface area contributed by atoms with E-state index in [4.69, 9.17) is 0 Å². The number of benzene rings is 1. The number of likely N-dealkylation sites (N-methyl/N-ethyl adjacent to an activating group) is 2. The SMILES string of the molecule is CN(C)C(=O)C1CCCN1CC(=O)N(C)Cc1cnn(-c2ccccc2)c1. The number of para-hydroxylation sites is 1. The van der Waals surface area contributed by atoms with Crippen molar-refractivity contribution >= 4 is 11.8 Å². The Bertz CT molecular complexity index is 787. The molecule has 1 aliphatic rings. The van der Waals surface area contributed by atoms with Gasteiger partial charge in [0.1, 0.15) is 0 Å². The summed E-state index contributed by atoms with van der Waals surface area (Å²) in [5.41, 5.74) is 1.96. The van der Waals surface area contributed by atoms with Gasteiger partial charge in [-0.2, -0.15) is 5.10 Å². The first kappa shape index (κ1) is 19.1. The summed E-state index contributed by atoms with van der Waals surface area (Å²) in [6.07, 6.45) is 5.49. The fourth-order valence-electron chi connectivity index (χ4n) is 3.41. The number of hydrogen-bond donors (Lipinski definition) is 0. The largest absolute Gasteiger partial charge is 0.347 e. The molecular weight excluding hydrogens is 342 g/mol. The minimum Gasteiger partial charge on any atom is -0.347 e. The van der Waals surface area contributed by atoms with Crippen LogP contribution in [0, 0.1) is 0 Å². The van der Waals surface area contributed by atoms with Crippen LogP contribution in [0.1, 0.15) is 18.4 Å². The maximum absolute atomic E-state index is 12.7. The lowest BCUT2D eigenvalue weighted by Gasteiger charge is -2.27. The molecule has 7 heteroatoms. The maximum atomic E-state index is 12.7. The van der Waals surface area contributed by atoms with Gasteiger partial charge in [-0.25, -0.2) is 4.68 Å². The lowest BCUT2D eigenvalue weighted by Crippen LogP contribution is -2.46. The van der Waals surface area contributed by atoms with Gasteiger partial charge in [0.25, 0.3) is 0 Å². The first-order valence-corrected chi connectivity index (χ1v) is 9.24. The van der Waals surface area contributed by atoms with E-state index in [-0.39, 0.29) is 24.4 Å². The van der Waals surface area contributed by atoms with E-state index in [1.807, 2.05) is 41.4 Å². The second-order valence-corrected chi connectivity index (χ2v) is 7.24. The standard InChI is InChI=1S/C20H27N5O2/c1-22(2)20(27)18-10-7-11-24(18)15-19(26)23(3)13-16-12-21-25(14-16)17-8-5-4-6-9-17/h4-6,8-9,12,14,18H,7,10-11,13,15H2,1-3H3. The van der Waals surface area contributed by atoms with Crippen molar-refractivity contribution < 1.29 is 9.59 Å². The first-order chi connectivity index (χ1) is 13.0. The van der Waals surface area contributed by atoms with Crippen molar-refractivity contribution in [1.82, 2.24) is 24.5 Å². The van der Waals surface area contributed by atoms with Crippen LogP contribution in [0.5, 0.6) is 0 Å². The number of aromatic nitrogens is 2. The van der Waals surface area contributed by atoms with Gasteiger partial charge in [-0.05, 0) is 31.5 Å². The zero-order valence-corrected chi connectivity index (χ0v) is 16.2. The third-order valence-corrected chi connectivity index (χ3v) is 4.93.